The number of anilines is 1. The summed E-state index contributed by atoms with van der Waals surface area (Å²) in [7, 11) is -1.77. The van der Waals surface area contributed by atoms with Gasteiger partial charge < -0.3 is 9.32 Å². The molecule has 116 valence electrons. The number of nitrogens with zero attached hydrogens (tertiary/aromatic N) is 1. The summed E-state index contributed by atoms with van der Waals surface area (Å²) in [6.45, 7) is 0. The molecule has 1 aliphatic rings. The highest BCUT2D eigenvalue weighted by Crippen LogP contribution is 2.49. The van der Waals surface area contributed by atoms with Crippen LogP contribution in [-0.2, 0) is 14.6 Å². The lowest BCUT2D eigenvalue weighted by atomic mass is 10.2. The zero-order valence-corrected chi connectivity index (χ0v) is 13.2. The Balaban J connectivity index is 1.84. The molecule has 1 aromatic heterocycles. The van der Waals surface area contributed by atoms with E-state index in [-0.39, 0.29) is 22.6 Å². The highest BCUT2D eigenvalue weighted by molar-refractivity contribution is 7.90. The van der Waals surface area contributed by atoms with Gasteiger partial charge in [0.2, 0.25) is 5.91 Å². The minimum absolute atomic E-state index is 0.0856. The summed E-state index contributed by atoms with van der Waals surface area (Å²) in [4.78, 5) is 14.2. The topological polar surface area (TPSA) is 67.6 Å². The van der Waals surface area contributed by atoms with Crippen molar-refractivity contribution in [2.45, 2.75) is 17.2 Å². The Morgan fingerprint density at radius 3 is 2.59 bits per heavy atom. The fourth-order valence-electron chi connectivity index (χ4n) is 2.70. The first-order chi connectivity index (χ1) is 10.4. The number of para-hydroxylation sites is 1. The van der Waals surface area contributed by atoms with Gasteiger partial charge in [0.05, 0.1) is 16.8 Å². The first kappa shape index (κ1) is 14.8. The van der Waals surface area contributed by atoms with Gasteiger partial charge in [-0.2, -0.15) is 0 Å². The van der Waals surface area contributed by atoms with E-state index in [1.807, 2.05) is 6.07 Å². The zero-order valence-electron chi connectivity index (χ0n) is 12.4. The number of furan rings is 1. The van der Waals surface area contributed by atoms with Crippen LogP contribution in [0.2, 0.25) is 0 Å². The van der Waals surface area contributed by atoms with Gasteiger partial charge in [-0.1, -0.05) is 12.1 Å². The normalized spacial score (nSPS) is 20.6. The Hall–Kier alpha value is -2.08. The van der Waals surface area contributed by atoms with E-state index in [2.05, 4.69) is 0 Å². The van der Waals surface area contributed by atoms with E-state index in [1.54, 1.807) is 37.6 Å². The third-order valence-corrected chi connectivity index (χ3v) is 5.12. The molecule has 1 aliphatic carbocycles. The smallest absolute Gasteiger partial charge is 0.230 e. The van der Waals surface area contributed by atoms with Crippen LogP contribution in [0.5, 0.6) is 0 Å². The molecule has 22 heavy (non-hydrogen) atoms. The van der Waals surface area contributed by atoms with Crippen LogP contribution in [0.3, 0.4) is 0 Å². The summed E-state index contributed by atoms with van der Waals surface area (Å²) in [6, 6.07) is 10.2. The second-order valence-electron chi connectivity index (χ2n) is 5.60. The van der Waals surface area contributed by atoms with Crippen molar-refractivity contribution in [3.05, 3.63) is 48.4 Å². The molecule has 0 saturated heterocycles. The first-order valence-electron chi connectivity index (χ1n) is 6.99. The quantitative estimate of drug-likeness (QED) is 0.868. The molecule has 1 heterocycles. The monoisotopic (exact) mass is 319 g/mol. The van der Waals surface area contributed by atoms with E-state index in [1.165, 1.54) is 11.0 Å². The van der Waals surface area contributed by atoms with Crippen molar-refractivity contribution < 1.29 is 17.6 Å². The molecule has 0 bridgehead atoms. The van der Waals surface area contributed by atoms with Gasteiger partial charge in [-0.05, 0) is 30.7 Å². The lowest BCUT2D eigenvalue weighted by Gasteiger charge is -2.20. The van der Waals surface area contributed by atoms with Crippen molar-refractivity contribution in [2.75, 3.05) is 18.2 Å². The third kappa shape index (κ3) is 2.66. The van der Waals surface area contributed by atoms with Crippen molar-refractivity contribution in [3.8, 4) is 0 Å². The van der Waals surface area contributed by atoms with Gasteiger partial charge in [-0.15, -0.1) is 0 Å². The van der Waals surface area contributed by atoms with Crippen LogP contribution in [0.15, 0.2) is 52.0 Å². The van der Waals surface area contributed by atoms with Gasteiger partial charge in [0.15, 0.2) is 9.84 Å². The average Bonchev–Trinajstić information content (AvgIpc) is 3.10. The molecule has 1 aromatic carbocycles. The van der Waals surface area contributed by atoms with Crippen LogP contribution in [0.1, 0.15) is 18.1 Å². The highest BCUT2D eigenvalue weighted by Gasteiger charge is 2.47. The van der Waals surface area contributed by atoms with Crippen molar-refractivity contribution >= 4 is 21.4 Å². The second-order valence-corrected chi connectivity index (χ2v) is 7.59. The molecule has 6 heteroatoms. The van der Waals surface area contributed by atoms with Crippen molar-refractivity contribution in [1.29, 1.82) is 0 Å². The summed E-state index contributed by atoms with van der Waals surface area (Å²) in [6.07, 6.45) is 3.47. The number of benzene rings is 1. The van der Waals surface area contributed by atoms with Crippen LogP contribution < -0.4 is 4.90 Å². The summed E-state index contributed by atoms with van der Waals surface area (Å²) in [5.41, 5.74) is 0.417. The summed E-state index contributed by atoms with van der Waals surface area (Å²) in [5.74, 6) is 0.666. The number of hydrogen-bond donors (Lipinski definition) is 0. The van der Waals surface area contributed by atoms with E-state index in [0.29, 0.717) is 5.69 Å². The number of amides is 1. The van der Waals surface area contributed by atoms with Crippen molar-refractivity contribution in [2.24, 2.45) is 5.92 Å². The summed E-state index contributed by atoms with van der Waals surface area (Å²) in [5, 5.41) is 0. The molecule has 1 amide bonds. The SMILES string of the molecule is CN(C(=O)[C@H]1C[C@H]1c1ccco1)c1ccccc1S(C)(=O)=O. The maximum atomic E-state index is 12.6. The standard InChI is InChI=1S/C16H17NO4S/c1-17(13-6-3-4-8-15(13)22(2,19)20)16(18)12-10-11(12)14-7-5-9-21-14/h3-9,11-12H,10H2,1-2H3/t11-,12+/m1/s1. The molecule has 3 rings (SSSR count). The second kappa shape index (κ2) is 5.28. The Labute approximate surface area is 129 Å². The molecule has 0 spiro atoms. The van der Waals surface area contributed by atoms with Gasteiger partial charge in [-0.25, -0.2) is 8.42 Å². The number of hydrogen-bond acceptors (Lipinski definition) is 4. The van der Waals surface area contributed by atoms with Crippen LogP contribution in [-0.4, -0.2) is 27.6 Å². The van der Waals surface area contributed by atoms with Gasteiger partial charge in [0.1, 0.15) is 5.76 Å². The van der Waals surface area contributed by atoms with Gasteiger partial charge in [0, 0.05) is 25.1 Å². The molecular weight excluding hydrogens is 302 g/mol. The highest BCUT2D eigenvalue weighted by atomic mass is 32.2. The molecule has 1 saturated carbocycles. The molecule has 1 fully saturated rings. The Kier molecular flexibility index (Phi) is 3.56. The van der Waals surface area contributed by atoms with E-state index in [4.69, 9.17) is 4.42 Å². The van der Waals surface area contributed by atoms with Gasteiger partial charge in [-0.3, -0.25) is 4.79 Å². The average molecular weight is 319 g/mol. The fourth-order valence-corrected chi connectivity index (χ4v) is 3.61. The molecular formula is C16H17NO4S. The van der Waals surface area contributed by atoms with E-state index < -0.39 is 9.84 Å². The Bertz CT molecular complexity index is 795. The minimum Gasteiger partial charge on any atom is -0.469 e. The zero-order chi connectivity index (χ0) is 15.9. The fraction of sp³-hybridized carbons (Fsp3) is 0.312. The Morgan fingerprint density at radius 1 is 1.23 bits per heavy atom. The molecule has 0 aliphatic heterocycles. The first-order valence-corrected chi connectivity index (χ1v) is 8.89. The molecule has 0 N–H and O–H groups in total. The van der Waals surface area contributed by atoms with Crippen LogP contribution in [0.25, 0.3) is 0 Å². The lowest BCUT2D eigenvalue weighted by molar-refractivity contribution is -0.119. The molecule has 2 aromatic rings. The maximum Gasteiger partial charge on any atom is 0.230 e. The predicted molar refractivity (Wildman–Crippen MR) is 82.5 cm³/mol. The number of rotatable bonds is 4. The van der Waals surface area contributed by atoms with Gasteiger partial charge in [0.25, 0.3) is 0 Å². The molecule has 0 unspecified atom stereocenters. The Morgan fingerprint density at radius 2 is 1.95 bits per heavy atom. The van der Waals surface area contributed by atoms with E-state index >= 15 is 0 Å². The van der Waals surface area contributed by atoms with Crippen molar-refractivity contribution in [1.82, 2.24) is 0 Å². The number of sulfone groups is 1. The van der Waals surface area contributed by atoms with Crippen LogP contribution >= 0.6 is 0 Å². The van der Waals surface area contributed by atoms with Crippen LogP contribution in [0.4, 0.5) is 5.69 Å². The number of carbonyl (C=O) groups excluding carboxylic acids is 1. The van der Waals surface area contributed by atoms with Crippen LogP contribution in [0, 0.1) is 5.92 Å². The third-order valence-electron chi connectivity index (χ3n) is 3.97. The number of carbonyl (C=O) groups is 1. The van der Waals surface area contributed by atoms with Crippen molar-refractivity contribution in [3.63, 3.8) is 0 Å². The molecule has 2 atom stereocenters. The van der Waals surface area contributed by atoms with E-state index in [0.717, 1.165) is 18.4 Å². The van der Waals surface area contributed by atoms with Gasteiger partial charge >= 0.3 is 0 Å². The summed E-state index contributed by atoms with van der Waals surface area (Å²) >= 11 is 0. The van der Waals surface area contributed by atoms with E-state index in [9.17, 15) is 13.2 Å². The summed E-state index contributed by atoms with van der Waals surface area (Å²) < 4.78 is 29.1. The molecule has 5 nitrogen and oxygen atoms in total. The minimum atomic E-state index is -3.39. The maximum absolute atomic E-state index is 12.6. The predicted octanol–water partition coefficient (Wildman–Crippen LogP) is 2.45. The largest absolute Gasteiger partial charge is 0.469 e. The lowest BCUT2D eigenvalue weighted by Crippen LogP contribution is -2.29. The molecule has 0 radical (unpaired) electrons.